The number of nitriles is 1. The lowest BCUT2D eigenvalue weighted by atomic mass is 10.2. The van der Waals surface area contributed by atoms with Gasteiger partial charge in [0.15, 0.2) is 5.69 Å². The summed E-state index contributed by atoms with van der Waals surface area (Å²) >= 11 is 2.94. The molecule has 1 aromatic heterocycles. The number of pyridine rings is 1. The molecule has 68 valence electrons. The van der Waals surface area contributed by atoms with Crippen molar-refractivity contribution < 1.29 is 8.78 Å². The van der Waals surface area contributed by atoms with E-state index in [9.17, 15) is 8.78 Å². The first-order valence-electron chi connectivity index (χ1n) is 3.20. The molecule has 6 heteroatoms. The number of nitrogens with zero attached hydrogens (tertiary/aromatic N) is 2. The SMILES string of the molecule is N#Cc1nc(Br)c(N)cc1C(F)F. The fraction of sp³-hybridized carbons (Fsp3) is 0.143. The van der Waals surface area contributed by atoms with Gasteiger partial charge in [-0.05, 0) is 22.0 Å². The summed E-state index contributed by atoms with van der Waals surface area (Å²) in [5.41, 5.74) is 4.67. The zero-order valence-electron chi connectivity index (χ0n) is 6.26. The Bertz CT molecular complexity index is 373. The summed E-state index contributed by atoms with van der Waals surface area (Å²) < 4.78 is 24.7. The van der Waals surface area contributed by atoms with Crippen LogP contribution in [0.4, 0.5) is 14.5 Å². The maximum atomic E-state index is 12.3. The molecule has 0 unspecified atom stereocenters. The van der Waals surface area contributed by atoms with Gasteiger partial charge < -0.3 is 5.73 Å². The van der Waals surface area contributed by atoms with E-state index in [0.717, 1.165) is 6.07 Å². The Kier molecular flexibility index (Phi) is 2.78. The summed E-state index contributed by atoms with van der Waals surface area (Å²) in [6, 6.07) is 2.61. The molecular weight excluding hydrogens is 244 g/mol. The van der Waals surface area contributed by atoms with Crippen molar-refractivity contribution in [1.82, 2.24) is 4.98 Å². The van der Waals surface area contributed by atoms with Crippen molar-refractivity contribution in [1.29, 1.82) is 5.26 Å². The van der Waals surface area contributed by atoms with Gasteiger partial charge in [-0.2, -0.15) is 5.26 Å². The van der Waals surface area contributed by atoms with Gasteiger partial charge in [-0.25, -0.2) is 13.8 Å². The van der Waals surface area contributed by atoms with Crippen LogP contribution in [0.15, 0.2) is 10.7 Å². The minimum Gasteiger partial charge on any atom is -0.397 e. The molecule has 2 N–H and O–H groups in total. The molecule has 1 rings (SSSR count). The summed E-state index contributed by atoms with van der Waals surface area (Å²) in [5, 5.41) is 8.48. The summed E-state index contributed by atoms with van der Waals surface area (Å²) in [6.07, 6.45) is -2.74. The number of nitrogens with two attached hydrogens (primary N) is 1. The average molecular weight is 248 g/mol. The Hall–Kier alpha value is -1.22. The van der Waals surface area contributed by atoms with Crippen LogP contribution in [0.5, 0.6) is 0 Å². The van der Waals surface area contributed by atoms with E-state index in [0.29, 0.717) is 0 Å². The topological polar surface area (TPSA) is 62.7 Å². The summed E-state index contributed by atoms with van der Waals surface area (Å²) in [7, 11) is 0. The molecule has 1 aromatic rings. The first-order chi connectivity index (χ1) is 6.06. The first-order valence-corrected chi connectivity index (χ1v) is 3.99. The smallest absolute Gasteiger partial charge is 0.266 e. The van der Waals surface area contributed by atoms with Crippen LogP contribution in [0.25, 0.3) is 0 Å². The molecule has 0 fully saturated rings. The van der Waals surface area contributed by atoms with Crippen molar-refractivity contribution in [3.63, 3.8) is 0 Å². The van der Waals surface area contributed by atoms with Crippen LogP contribution in [0.2, 0.25) is 0 Å². The van der Waals surface area contributed by atoms with Crippen molar-refractivity contribution in [3.05, 3.63) is 21.9 Å². The lowest BCUT2D eigenvalue weighted by molar-refractivity contribution is 0.150. The molecule has 0 spiro atoms. The largest absolute Gasteiger partial charge is 0.397 e. The van der Waals surface area contributed by atoms with Crippen LogP contribution in [0.3, 0.4) is 0 Å². The van der Waals surface area contributed by atoms with Gasteiger partial charge in [0, 0.05) is 0 Å². The van der Waals surface area contributed by atoms with E-state index < -0.39 is 12.0 Å². The number of nitrogen functional groups attached to an aromatic ring is 1. The highest BCUT2D eigenvalue weighted by atomic mass is 79.9. The Morgan fingerprint density at radius 2 is 2.23 bits per heavy atom. The third kappa shape index (κ3) is 1.92. The monoisotopic (exact) mass is 247 g/mol. The molecule has 13 heavy (non-hydrogen) atoms. The van der Waals surface area contributed by atoms with E-state index >= 15 is 0 Å². The van der Waals surface area contributed by atoms with Gasteiger partial charge in [0.25, 0.3) is 6.43 Å². The Labute approximate surface area is 81.3 Å². The second kappa shape index (κ2) is 3.66. The maximum Gasteiger partial charge on any atom is 0.266 e. The molecule has 0 amide bonds. The van der Waals surface area contributed by atoms with E-state index in [1.54, 1.807) is 6.07 Å². The molecule has 0 atom stereocenters. The van der Waals surface area contributed by atoms with E-state index in [1.165, 1.54) is 0 Å². The van der Waals surface area contributed by atoms with Crippen LogP contribution in [-0.4, -0.2) is 4.98 Å². The van der Waals surface area contributed by atoms with E-state index in [1.807, 2.05) is 0 Å². The second-order valence-electron chi connectivity index (χ2n) is 2.22. The molecule has 0 aromatic carbocycles. The van der Waals surface area contributed by atoms with Gasteiger partial charge in [0.1, 0.15) is 10.7 Å². The highest BCUT2D eigenvalue weighted by Crippen LogP contribution is 2.27. The Morgan fingerprint density at radius 3 is 2.69 bits per heavy atom. The first kappa shape index (κ1) is 9.86. The van der Waals surface area contributed by atoms with Crippen LogP contribution >= 0.6 is 15.9 Å². The van der Waals surface area contributed by atoms with E-state index in [-0.39, 0.29) is 16.0 Å². The van der Waals surface area contributed by atoms with Crippen molar-refractivity contribution in [2.45, 2.75) is 6.43 Å². The normalized spacial score (nSPS) is 10.1. The minimum absolute atomic E-state index is 0.0919. The fourth-order valence-corrected chi connectivity index (χ4v) is 1.07. The van der Waals surface area contributed by atoms with Crippen LogP contribution in [0.1, 0.15) is 17.7 Å². The highest BCUT2D eigenvalue weighted by Gasteiger charge is 2.16. The average Bonchev–Trinajstić information content (AvgIpc) is 2.08. The number of hydrogen-bond donors (Lipinski definition) is 1. The molecule has 0 saturated heterocycles. The van der Waals surface area contributed by atoms with Gasteiger partial charge in [-0.3, -0.25) is 0 Å². The predicted molar refractivity (Wildman–Crippen MR) is 46.0 cm³/mol. The fourth-order valence-electron chi connectivity index (χ4n) is 0.779. The van der Waals surface area contributed by atoms with Crippen molar-refractivity contribution >= 4 is 21.6 Å². The quantitative estimate of drug-likeness (QED) is 0.775. The molecule has 1 heterocycles. The Morgan fingerprint density at radius 1 is 1.62 bits per heavy atom. The van der Waals surface area contributed by atoms with Crippen LogP contribution in [0, 0.1) is 11.3 Å². The molecule has 0 saturated carbocycles. The second-order valence-corrected chi connectivity index (χ2v) is 2.97. The number of halogens is 3. The van der Waals surface area contributed by atoms with Gasteiger partial charge in [-0.1, -0.05) is 0 Å². The molecule has 0 aliphatic rings. The zero-order chi connectivity index (χ0) is 10.0. The summed E-state index contributed by atoms with van der Waals surface area (Å²) in [6.45, 7) is 0. The number of aromatic nitrogens is 1. The number of anilines is 1. The highest BCUT2D eigenvalue weighted by molar-refractivity contribution is 9.10. The molecule has 3 nitrogen and oxygen atoms in total. The van der Waals surface area contributed by atoms with E-state index in [2.05, 4.69) is 20.9 Å². The molecule has 0 radical (unpaired) electrons. The van der Waals surface area contributed by atoms with Crippen molar-refractivity contribution in [2.75, 3.05) is 5.73 Å². The number of hydrogen-bond acceptors (Lipinski definition) is 3. The summed E-state index contributed by atoms with van der Waals surface area (Å²) in [4.78, 5) is 3.56. The van der Waals surface area contributed by atoms with Crippen LogP contribution < -0.4 is 5.73 Å². The lowest BCUT2D eigenvalue weighted by Gasteiger charge is -2.04. The lowest BCUT2D eigenvalue weighted by Crippen LogP contribution is -1.99. The van der Waals surface area contributed by atoms with E-state index in [4.69, 9.17) is 11.0 Å². The van der Waals surface area contributed by atoms with Gasteiger partial charge in [0.2, 0.25) is 0 Å². The van der Waals surface area contributed by atoms with Gasteiger partial charge >= 0.3 is 0 Å². The zero-order valence-corrected chi connectivity index (χ0v) is 7.85. The molecule has 0 aliphatic carbocycles. The van der Waals surface area contributed by atoms with Crippen LogP contribution in [-0.2, 0) is 0 Å². The third-order valence-electron chi connectivity index (χ3n) is 1.37. The Balaban J connectivity index is 3.35. The van der Waals surface area contributed by atoms with Crippen molar-refractivity contribution in [3.8, 4) is 6.07 Å². The number of rotatable bonds is 1. The predicted octanol–water partition coefficient (Wildman–Crippen LogP) is 2.24. The van der Waals surface area contributed by atoms with Gasteiger partial charge in [-0.15, -0.1) is 0 Å². The molecule has 0 bridgehead atoms. The third-order valence-corrected chi connectivity index (χ3v) is 2.01. The van der Waals surface area contributed by atoms with Crippen molar-refractivity contribution in [2.24, 2.45) is 0 Å². The maximum absolute atomic E-state index is 12.3. The number of alkyl halides is 2. The minimum atomic E-state index is -2.74. The molecule has 0 aliphatic heterocycles. The molecular formula is C7H4BrF2N3. The van der Waals surface area contributed by atoms with Gasteiger partial charge in [0.05, 0.1) is 11.3 Å². The standard InChI is InChI=1S/C7H4BrF2N3/c8-6-4(12)1-3(7(9)10)5(2-11)13-6/h1,7H,12H2. The summed E-state index contributed by atoms with van der Waals surface area (Å²) in [5.74, 6) is 0.